The fourth-order valence-electron chi connectivity index (χ4n) is 1.80. The van der Waals surface area contributed by atoms with Crippen molar-refractivity contribution in [3.8, 4) is 11.8 Å². The van der Waals surface area contributed by atoms with Gasteiger partial charge in [0.1, 0.15) is 11.2 Å². The van der Waals surface area contributed by atoms with Crippen LogP contribution in [-0.4, -0.2) is 12.5 Å². The number of nitrogens with one attached hydrogen (secondary N) is 1. The quantitative estimate of drug-likeness (QED) is 0.881. The normalized spacial score (nSPS) is 13.4. The minimum Gasteiger partial charge on any atom is -0.493 e. The van der Waals surface area contributed by atoms with Crippen LogP contribution in [0.3, 0.4) is 0 Å². The Morgan fingerprint density at radius 3 is 3.06 bits per heavy atom. The van der Waals surface area contributed by atoms with Gasteiger partial charge in [-0.15, -0.1) is 0 Å². The zero-order valence-corrected chi connectivity index (χ0v) is 10.6. The first-order chi connectivity index (χ1) is 8.53. The third-order valence-corrected chi connectivity index (χ3v) is 3.05. The van der Waals surface area contributed by atoms with Crippen LogP contribution < -0.4 is 10.1 Å². The summed E-state index contributed by atoms with van der Waals surface area (Å²) in [6, 6.07) is 7.89. The molecule has 94 valence electrons. The average Bonchev–Trinajstić information content (AvgIpc) is 2.83. The molecule has 0 fully saturated rings. The predicted molar refractivity (Wildman–Crippen MR) is 66.9 cm³/mol. The summed E-state index contributed by atoms with van der Waals surface area (Å²) in [5.74, 6) is 0.684. The number of benzene rings is 1. The monoisotopic (exact) mass is 244 g/mol. The molecule has 1 aliphatic rings. The molecule has 1 heterocycles. The van der Waals surface area contributed by atoms with Crippen molar-refractivity contribution in [3.05, 3.63) is 29.3 Å². The molecule has 4 nitrogen and oxygen atoms in total. The van der Waals surface area contributed by atoms with Crippen molar-refractivity contribution in [1.29, 1.82) is 5.26 Å². The highest BCUT2D eigenvalue weighted by molar-refractivity contribution is 5.84. The maximum absolute atomic E-state index is 11.7. The SMILES string of the molecule is CC(C)(C#N)C(=O)NCc1ccc2c(c1)CCO2. The number of rotatable bonds is 3. The van der Waals surface area contributed by atoms with Gasteiger partial charge < -0.3 is 10.1 Å². The lowest BCUT2D eigenvalue weighted by molar-refractivity contribution is -0.126. The van der Waals surface area contributed by atoms with Gasteiger partial charge in [0.05, 0.1) is 12.7 Å². The molecule has 2 rings (SSSR count). The van der Waals surface area contributed by atoms with Gasteiger partial charge >= 0.3 is 0 Å². The topological polar surface area (TPSA) is 62.1 Å². The Morgan fingerprint density at radius 1 is 1.56 bits per heavy atom. The highest BCUT2D eigenvalue weighted by Gasteiger charge is 2.26. The largest absolute Gasteiger partial charge is 0.493 e. The van der Waals surface area contributed by atoms with E-state index in [2.05, 4.69) is 5.32 Å². The summed E-state index contributed by atoms with van der Waals surface area (Å²) >= 11 is 0. The molecule has 0 saturated heterocycles. The standard InChI is InChI=1S/C14H16N2O2/c1-14(2,9-15)13(17)16-8-10-3-4-12-11(7-10)5-6-18-12/h3-4,7H,5-6,8H2,1-2H3,(H,16,17). The van der Waals surface area contributed by atoms with Crippen LogP contribution >= 0.6 is 0 Å². The molecule has 0 aromatic heterocycles. The molecule has 0 aliphatic carbocycles. The van der Waals surface area contributed by atoms with E-state index < -0.39 is 5.41 Å². The van der Waals surface area contributed by atoms with E-state index in [-0.39, 0.29) is 5.91 Å². The van der Waals surface area contributed by atoms with Crippen molar-refractivity contribution in [2.24, 2.45) is 5.41 Å². The van der Waals surface area contributed by atoms with Crippen molar-refractivity contribution < 1.29 is 9.53 Å². The Hall–Kier alpha value is -2.02. The number of nitriles is 1. The number of amides is 1. The predicted octanol–water partition coefficient (Wildman–Crippen LogP) is 1.79. The fourth-order valence-corrected chi connectivity index (χ4v) is 1.80. The third kappa shape index (κ3) is 2.45. The van der Waals surface area contributed by atoms with Gasteiger partial charge in [-0.1, -0.05) is 12.1 Å². The minimum atomic E-state index is -0.986. The van der Waals surface area contributed by atoms with E-state index in [0.29, 0.717) is 6.54 Å². The summed E-state index contributed by atoms with van der Waals surface area (Å²) in [7, 11) is 0. The van der Waals surface area contributed by atoms with Crippen LogP contribution in [0.15, 0.2) is 18.2 Å². The van der Waals surface area contributed by atoms with Crippen molar-refractivity contribution in [2.75, 3.05) is 6.61 Å². The summed E-state index contributed by atoms with van der Waals surface area (Å²) in [4.78, 5) is 11.7. The van der Waals surface area contributed by atoms with Gasteiger partial charge in [0.25, 0.3) is 0 Å². The van der Waals surface area contributed by atoms with Crippen molar-refractivity contribution in [2.45, 2.75) is 26.8 Å². The van der Waals surface area contributed by atoms with E-state index in [9.17, 15) is 4.79 Å². The maximum Gasteiger partial charge on any atom is 0.240 e. The van der Waals surface area contributed by atoms with Crippen LogP contribution in [0.5, 0.6) is 5.75 Å². The zero-order chi connectivity index (χ0) is 13.2. The smallest absolute Gasteiger partial charge is 0.240 e. The molecule has 0 unspecified atom stereocenters. The first-order valence-electron chi connectivity index (χ1n) is 5.97. The lowest BCUT2D eigenvalue weighted by Crippen LogP contribution is -2.35. The van der Waals surface area contributed by atoms with Gasteiger partial charge in [-0.3, -0.25) is 4.79 Å². The molecular formula is C14H16N2O2. The Kier molecular flexibility index (Phi) is 3.24. The average molecular weight is 244 g/mol. The highest BCUT2D eigenvalue weighted by atomic mass is 16.5. The lowest BCUT2D eigenvalue weighted by Gasteiger charge is -2.15. The second-order valence-corrected chi connectivity index (χ2v) is 4.96. The Bertz CT molecular complexity index is 515. The molecule has 18 heavy (non-hydrogen) atoms. The van der Waals surface area contributed by atoms with E-state index in [1.54, 1.807) is 13.8 Å². The van der Waals surface area contributed by atoms with Gasteiger partial charge in [0.2, 0.25) is 5.91 Å². The maximum atomic E-state index is 11.7. The van der Waals surface area contributed by atoms with Gasteiger partial charge in [0.15, 0.2) is 0 Å². The van der Waals surface area contributed by atoms with Crippen LogP contribution in [0.2, 0.25) is 0 Å². The van der Waals surface area contributed by atoms with Crippen molar-refractivity contribution >= 4 is 5.91 Å². The van der Waals surface area contributed by atoms with Crippen LogP contribution in [0.4, 0.5) is 0 Å². The number of carbonyl (C=O) groups excluding carboxylic acids is 1. The summed E-state index contributed by atoms with van der Waals surface area (Å²) in [5, 5.41) is 11.6. The van der Waals surface area contributed by atoms with Crippen molar-refractivity contribution in [1.82, 2.24) is 5.32 Å². The van der Waals surface area contributed by atoms with Crippen LogP contribution in [0.25, 0.3) is 0 Å². The van der Waals surface area contributed by atoms with E-state index in [4.69, 9.17) is 10.00 Å². The first-order valence-corrected chi connectivity index (χ1v) is 5.97. The molecule has 1 amide bonds. The van der Waals surface area contributed by atoms with Gasteiger partial charge in [-0.2, -0.15) is 5.26 Å². The number of hydrogen-bond acceptors (Lipinski definition) is 3. The molecular weight excluding hydrogens is 228 g/mol. The van der Waals surface area contributed by atoms with Gasteiger partial charge in [-0.25, -0.2) is 0 Å². The second-order valence-electron chi connectivity index (χ2n) is 4.96. The number of fused-ring (bicyclic) bond motifs is 1. The summed E-state index contributed by atoms with van der Waals surface area (Å²) in [6.07, 6.45) is 0.917. The minimum absolute atomic E-state index is 0.248. The lowest BCUT2D eigenvalue weighted by atomic mass is 9.94. The second kappa shape index (κ2) is 4.69. The molecule has 0 saturated carbocycles. The summed E-state index contributed by atoms with van der Waals surface area (Å²) < 4.78 is 5.42. The molecule has 1 aromatic carbocycles. The van der Waals surface area contributed by atoms with E-state index in [0.717, 1.165) is 24.3 Å². The molecule has 0 spiro atoms. The Labute approximate surface area is 107 Å². The van der Waals surface area contributed by atoms with Gasteiger partial charge in [-0.05, 0) is 31.0 Å². The van der Waals surface area contributed by atoms with Gasteiger partial charge in [0, 0.05) is 13.0 Å². The summed E-state index contributed by atoms with van der Waals surface area (Å²) in [5.41, 5.74) is 1.22. The van der Waals surface area contributed by atoms with Crippen molar-refractivity contribution in [3.63, 3.8) is 0 Å². The van der Waals surface area contributed by atoms with E-state index >= 15 is 0 Å². The Morgan fingerprint density at radius 2 is 2.33 bits per heavy atom. The van der Waals surface area contributed by atoms with Crippen LogP contribution in [0.1, 0.15) is 25.0 Å². The molecule has 0 bridgehead atoms. The van der Waals surface area contributed by atoms with E-state index in [1.165, 1.54) is 5.56 Å². The Balaban J connectivity index is 1.99. The third-order valence-electron chi connectivity index (χ3n) is 3.05. The molecule has 0 radical (unpaired) electrons. The molecule has 0 atom stereocenters. The zero-order valence-electron chi connectivity index (χ0n) is 10.6. The number of carbonyl (C=O) groups is 1. The summed E-state index contributed by atoms with van der Waals surface area (Å²) in [6.45, 7) is 4.39. The molecule has 4 heteroatoms. The first kappa shape index (κ1) is 12.4. The van der Waals surface area contributed by atoms with Crippen LogP contribution in [-0.2, 0) is 17.8 Å². The van der Waals surface area contributed by atoms with Crippen LogP contribution in [0, 0.1) is 16.7 Å². The number of ether oxygens (including phenoxy) is 1. The molecule has 1 N–H and O–H groups in total. The fraction of sp³-hybridized carbons (Fsp3) is 0.429. The number of hydrogen-bond donors (Lipinski definition) is 1. The molecule has 1 aliphatic heterocycles. The number of nitrogens with zero attached hydrogens (tertiary/aromatic N) is 1. The van der Waals surface area contributed by atoms with E-state index in [1.807, 2.05) is 24.3 Å². The molecule has 1 aromatic rings. The highest BCUT2D eigenvalue weighted by Crippen LogP contribution is 2.25.